The molecule has 13 heavy (non-hydrogen) atoms. The molecule has 0 saturated heterocycles. The van der Waals surface area contributed by atoms with Gasteiger partial charge in [-0.2, -0.15) is 0 Å². The fourth-order valence-electron chi connectivity index (χ4n) is 0.718. The molecule has 0 unspecified atom stereocenters. The normalized spacial score (nSPS) is 8.69. The van der Waals surface area contributed by atoms with Gasteiger partial charge >= 0.3 is 0 Å². The smallest absolute Gasteiger partial charge is 0.293 e. The van der Waals surface area contributed by atoms with Crippen LogP contribution in [-0.2, 0) is 4.79 Å². The molecule has 0 aromatic heterocycles. The molecule has 3 N–H and O–H groups in total. The molecule has 3 nitrogen and oxygen atoms in total. The van der Waals surface area contributed by atoms with Gasteiger partial charge in [0, 0.05) is 5.56 Å². The molecule has 0 bridgehead atoms. The first-order valence-electron chi connectivity index (χ1n) is 3.39. The van der Waals surface area contributed by atoms with Crippen LogP contribution in [0.4, 0.5) is 4.39 Å². The van der Waals surface area contributed by atoms with E-state index in [0.717, 1.165) is 12.1 Å². The number of primary amides is 1. The zero-order valence-electron chi connectivity index (χ0n) is 6.54. The predicted molar refractivity (Wildman–Crippen MR) is 44.1 cm³/mol. The van der Waals surface area contributed by atoms with Gasteiger partial charge in [-0.15, -0.1) is 0 Å². The van der Waals surface area contributed by atoms with E-state index in [4.69, 9.17) is 10.8 Å². The summed E-state index contributed by atoms with van der Waals surface area (Å²) in [5, 5.41) is 8.81. The molecule has 0 aliphatic carbocycles. The van der Waals surface area contributed by atoms with Crippen LogP contribution < -0.4 is 5.73 Å². The fraction of sp³-hybridized carbons (Fsp3) is 0. The Balaban J connectivity index is 3.00. The van der Waals surface area contributed by atoms with Crippen molar-refractivity contribution in [2.75, 3.05) is 0 Å². The van der Waals surface area contributed by atoms with Crippen LogP contribution in [-0.4, -0.2) is 11.0 Å². The number of nitrogens with two attached hydrogens (primary N) is 1. The summed E-state index contributed by atoms with van der Waals surface area (Å²) < 4.78 is 12.7. The number of aromatic hydroxyl groups is 1. The van der Waals surface area contributed by atoms with Crippen molar-refractivity contribution >= 4 is 5.91 Å². The van der Waals surface area contributed by atoms with E-state index in [1.165, 1.54) is 6.07 Å². The van der Waals surface area contributed by atoms with E-state index in [1.807, 2.05) is 5.92 Å². The first-order valence-corrected chi connectivity index (χ1v) is 3.39. The number of benzene rings is 1. The quantitative estimate of drug-likeness (QED) is 0.565. The fourth-order valence-corrected chi connectivity index (χ4v) is 0.718. The first kappa shape index (κ1) is 9.07. The molecule has 1 amide bonds. The van der Waals surface area contributed by atoms with Crippen LogP contribution in [0.2, 0.25) is 0 Å². The minimum absolute atomic E-state index is 0.286. The van der Waals surface area contributed by atoms with Crippen LogP contribution in [0.15, 0.2) is 18.2 Å². The number of phenolic OH excluding ortho intramolecular Hbond substituents is 1. The van der Waals surface area contributed by atoms with Crippen molar-refractivity contribution < 1.29 is 14.3 Å². The maximum Gasteiger partial charge on any atom is 0.293 e. The summed E-state index contributed by atoms with van der Waals surface area (Å²) in [5.74, 6) is 2.37. The average Bonchev–Trinajstić information content (AvgIpc) is 2.07. The van der Waals surface area contributed by atoms with Crippen molar-refractivity contribution in [3.8, 4) is 17.6 Å². The lowest BCUT2D eigenvalue weighted by molar-refractivity contribution is -0.112. The lowest BCUT2D eigenvalue weighted by Gasteiger charge is -1.93. The first-order chi connectivity index (χ1) is 6.09. The summed E-state index contributed by atoms with van der Waals surface area (Å²) in [6.07, 6.45) is 0. The van der Waals surface area contributed by atoms with Crippen molar-refractivity contribution in [1.82, 2.24) is 0 Å². The summed E-state index contributed by atoms with van der Waals surface area (Å²) in [5.41, 5.74) is 5.04. The lowest BCUT2D eigenvalue weighted by Crippen LogP contribution is -2.06. The second-order valence-electron chi connectivity index (χ2n) is 2.28. The summed E-state index contributed by atoms with van der Waals surface area (Å²) in [6.45, 7) is 0. The third kappa shape index (κ3) is 2.49. The zero-order valence-corrected chi connectivity index (χ0v) is 6.54. The number of amides is 1. The molecule has 0 saturated carbocycles. The van der Waals surface area contributed by atoms with Gasteiger partial charge in [-0.25, -0.2) is 4.39 Å². The van der Waals surface area contributed by atoms with Crippen LogP contribution >= 0.6 is 0 Å². The van der Waals surface area contributed by atoms with E-state index in [0.29, 0.717) is 0 Å². The Hall–Kier alpha value is -2.02. The van der Waals surface area contributed by atoms with E-state index in [1.54, 1.807) is 0 Å². The molecular formula is C9H6FNO2. The third-order valence-corrected chi connectivity index (χ3v) is 1.28. The minimum atomic E-state index is -0.784. The van der Waals surface area contributed by atoms with Crippen LogP contribution in [0.25, 0.3) is 0 Å². The van der Waals surface area contributed by atoms with Gasteiger partial charge in [-0.1, -0.05) is 5.92 Å². The van der Waals surface area contributed by atoms with E-state index >= 15 is 0 Å². The standard InChI is InChI=1S/C9H6FNO2/c10-7-5-6(1-3-8(7)12)2-4-9(11)13/h1,3,5,12H,(H2,11,13). The summed E-state index contributed by atoms with van der Waals surface area (Å²) >= 11 is 0. The Morgan fingerprint density at radius 3 is 2.77 bits per heavy atom. The average molecular weight is 179 g/mol. The third-order valence-electron chi connectivity index (χ3n) is 1.28. The maximum absolute atomic E-state index is 12.7. The zero-order chi connectivity index (χ0) is 9.84. The molecule has 4 heteroatoms. The summed E-state index contributed by atoms with van der Waals surface area (Å²) in [4.78, 5) is 10.2. The van der Waals surface area contributed by atoms with Gasteiger partial charge in [0.1, 0.15) is 0 Å². The molecule has 1 aromatic carbocycles. The number of hydrogen-bond donors (Lipinski definition) is 2. The second-order valence-corrected chi connectivity index (χ2v) is 2.28. The molecule has 0 heterocycles. The van der Waals surface area contributed by atoms with Crippen LogP contribution in [0, 0.1) is 17.7 Å². The van der Waals surface area contributed by atoms with E-state index in [-0.39, 0.29) is 5.56 Å². The molecule has 0 spiro atoms. The molecule has 0 fully saturated rings. The number of hydrogen-bond acceptors (Lipinski definition) is 2. The Labute approximate surface area is 74.0 Å². The van der Waals surface area contributed by atoms with Crippen molar-refractivity contribution in [3.63, 3.8) is 0 Å². The van der Waals surface area contributed by atoms with E-state index in [2.05, 4.69) is 5.92 Å². The largest absolute Gasteiger partial charge is 0.505 e. The van der Waals surface area contributed by atoms with Crippen molar-refractivity contribution in [2.24, 2.45) is 5.73 Å². The van der Waals surface area contributed by atoms with Gasteiger partial charge in [-0.05, 0) is 24.1 Å². The maximum atomic E-state index is 12.7. The number of halogens is 1. The Morgan fingerprint density at radius 1 is 1.54 bits per heavy atom. The Kier molecular flexibility index (Phi) is 2.50. The lowest BCUT2D eigenvalue weighted by atomic mass is 10.2. The molecular weight excluding hydrogens is 173 g/mol. The highest BCUT2D eigenvalue weighted by atomic mass is 19.1. The molecule has 0 aliphatic rings. The van der Waals surface area contributed by atoms with Crippen molar-refractivity contribution in [1.29, 1.82) is 0 Å². The molecule has 1 aromatic rings. The molecule has 0 radical (unpaired) electrons. The Morgan fingerprint density at radius 2 is 2.23 bits per heavy atom. The summed E-state index contributed by atoms with van der Waals surface area (Å²) in [7, 11) is 0. The highest BCUT2D eigenvalue weighted by Crippen LogP contribution is 2.15. The van der Waals surface area contributed by atoms with Gasteiger partial charge < -0.3 is 10.8 Å². The monoisotopic (exact) mass is 179 g/mol. The van der Waals surface area contributed by atoms with Gasteiger partial charge in [0.2, 0.25) is 0 Å². The van der Waals surface area contributed by atoms with Crippen LogP contribution in [0.5, 0.6) is 5.75 Å². The van der Waals surface area contributed by atoms with Crippen LogP contribution in [0.3, 0.4) is 0 Å². The minimum Gasteiger partial charge on any atom is -0.505 e. The molecule has 0 atom stereocenters. The van der Waals surface area contributed by atoms with Gasteiger partial charge in [0.15, 0.2) is 11.6 Å². The SMILES string of the molecule is NC(=O)C#Cc1ccc(O)c(F)c1. The second kappa shape index (κ2) is 3.59. The van der Waals surface area contributed by atoms with Gasteiger partial charge in [-0.3, -0.25) is 4.79 Å². The number of carbonyl (C=O) groups is 1. The van der Waals surface area contributed by atoms with Crippen LogP contribution in [0.1, 0.15) is 5.56 Å². The van der Waals surface area contributed by atoms with Crippen molar-refractivity contribution in [2.45, 2.75) is 0 Å². The molecule has 66 valence electrons. The number of carbonyl (C=O) groups excluding carboxylic acids is 1. The van der Waals surface area contributed by atoms with Gasteiger partial charge in [0.25, 0.3) is 5.91 Å². The predicted octanol–water partition coefficient (Wildman–Crippen LogP) is 0.368. The van der Waals surface area contributed by atoms with E-state index in [9.17, 15) is 9.18 Å². The molecule has 0 aliphatic heterocycles. The highest BCUT2D eigenvalue weighted by molar-refractivity contribution is 5.92. The topological polar surface area (TPSA) is 63.3 Å². The number of rotatable bonds is 0. The van der Waals surface area contributed by atoms with Gasteiger partial charge in [0.05, 0.1) is 0 Å². The Bertz CT molecular complexity index is 404. The highest BCUT2D eigenvalue weighted by Gasteiger charge is 1.98. The molecule has 1 rings (SSSR count). The number of phenols is 1. The van der Waals surface area contributed by atoms with Crippen molar-refractivity contribution in [3.05, 3.63) is 29.6 Å². The summed E-state index contributed by atoms with van der Waals surface area (Å²) in [6, 6.07) is 3.56. The van der Waals surface area contributed by atoms with E-state index < -0.39 is 17.5 Å².